The molecule has 0 bridgehead atoms. The van der Waals surface area contributed by atoms with E-state index in [9.17, 15) is 9.59 Å². The van der Waals surface area contributed by atoms with Crippen LogP contribution in [-0.4, -0.2) is 23.3 Å². The number of halogens is 1. The molecule has 0 atom stereocenters. The van der Waals surface area contributed by atoms with Gasteiger partial charge in [-0.2, -0.15) is 0 Å². The van der Waals surface area contributed by atoms with Crippen LogP contribution < -0.4 is 10.6 Å². The van der Waals surface area contributed by atoms with E-state index < -0.39 is 0 Å². The Balaban J connectivity index is 1.86. The van der Waals surface area contributed by atoms with Gasteiger partial charge in [-0.05, 0) is 50.6 Å². The topological polar surface area (TPSA) is 84.2 Å². The highest BCUT2D eigenvalue weighted by Crippen LogP contribution is 2.30. The molecule has 0 spiro atoms. The molecule has 28 heavy (non-hydrogen) atoms. The molecule has 1 aromatic carbocycles. The Morgan fingerprint density at radius 3 is 2.64 bits per heavy atom. The maximum absolute atomic E-state index is 12.8. The molecule has 0 aliphatic heterocycles. The van der Waals surface area contributed by atoms with Crippen LogP contribution in [0, 0.1) is 13.8 Å². The number of benzene rings is 1. The number of nitrogens with zero attached hydrogens (tertiary/aromatic N) is 1. The van der Waals surface area contributed by atoms with Crippen LogP contribution in [0.1, 0.15) is 44.8 Å². The van der Waals surface area contributed by atoms with E-state index in [1.165, 1.54) is 11.3 Å². The fourth-order valence-corrected chi connectivity index (χ4v) is 3.69. The fraction of sp³-hybridized carbons (Fsp3) is 0.250. The number of hydrogen-bond acceptors (Lipinski definition) is 5. The molecule has 2 amide bonds. The molecule has 6 nitrogen and oxygen atoms in total. The zero-order chi connectivity index (χ0) is 20.3. The monoisotopic (exact) mass is 417 g/mol. The van der Waals surface area contributed by atoms with Gasteiger partial charge in [0.25, 0.3) is 11.8 Å². The molecular weight excluding hydrogens is 398 g/mol. The molecule has 2 aromatic heterocycles. The molecule has 0 saturated heterocycles. The van der Waals surface area contributed by atoms with Crippen molar-refractivity contribution in [3.05, 3.63) is 57.2 Å². The summed E-state index contributed by atoms with van der Waals surface area (Å²) in [5.74, 6) is 0.778. The SMILES string of the molecule is CCCNC(=O)c1ccc(Cl)cc1NC(=O)c1sc(-c2ccc(C)o2)nc1C. The van der Waals surface area contributed by atoms with Crippen molar-refractivity contribution in [2.75, 3.05) is 11.9 Å². The van der Waals surface area contributed by atoms with E-state index in [1.807, 2.05) is 26.0 Å². The summed E-state index contributed by atoms with van der Waals surface area (Å²) in [5, 5.41) is 6.65. The molecule has 0 aliphatic rings. The van der Waals surface area contributed by atoms with Crippen molar-refractivity contribution in [1.82, 2.24) is 10.3 Å². The summed E-state index contributed by atoms with van der Waals surface area (Å²) < 4.78 is 5.59. The molecule has 3 aromatic rings. The van der Waals surface area contributed by atoms with E-state index in [0.717, 1.165) is 12.2 Å². The van der Waals surface area contributed by atoms with Crippen LogP contribution in [0.15, 0.2) is 34.7 Å². The van der Waals surface area contributed by atoms with E-state index in [0.29, 0.717) is 44.2 Å². The summed E-state index contributed by atoms with van der Waals surface area (Å²) >= 11 is 7.30. The van der Waals surface area contributed by atoms with Crippen molar-refractivity contribution < 1.29 is 14.0 Å². The minimum absolute atomic E-state index is 0.262. The highest BCUT2D eigenvalue weighted by Gasteiger charge is 2.20. The predicted molar refractivity (Wildman–Crippen MR) is 111 cm³/mol. The molecule has 0 unspecified atom stereocenters. The summed E-state index contributed by atoms with van der Waals surface area (Å²) in [5.41, 5.74) is 1.30. The Bertz CT molecular complexity index is 1030. The number of thiazole rings is 1. The van der Waals surface area contributed by atoms with Crippen molar-refractivity contribution in [2.45, 2.75) is 27.2 Å². The third-order valence-corrected chi connectivity index (χ3v) is 5.37. The first-order valence-electron chi connectivity index (χ1n) is 8.82. The number of anilines is 1. The highest BCUT2D eigenvalue weighted by atomic mass is 35.5. The molecule has 0 saturated carbocycles. The van der Waals surface area contributed by atoms with E-state index in [4.69, 9.17) is 16.0 Å². The van der Waals surface area contributed by atoms with Crippen LogP contribution in [0.5, 0.6) is 0 Å². The number of aromatic nitrogens is 1. The number of amides is 2. The van der Waals surface area contributed by atoms with Crippen LogP contribution in [0.4, 0.5) is 5.69 Å². The minimum Gasteiger partial charge on any atom is -0.459 e. The average molecular weight is 418 g/mol. The molecule has 2 N–H and O–H groups in total. The minimum atomic E-state index is -0.351. The molecule has 0 fully saturated rings. The van der Waals surface area contributed by atoms with Gasteiger partial charge >= 0.3 is 0 Å². The van der Waals surface area contributed by atoms with E-state index in [1.54, 1.807) is 25.1 Å². The largest absolute Gasteiger partial charge is 0.459 e. The second-order valence-corrected chi connectivity index (χ2v) is 7.68. The number of carbonyl (C=O) groups excluding carboxylic acids is 2. The number of rotatable bonds is 6. The lowest BCUT2D eigenvalue weighted by atomic mass is 10.1. The van der Waals surface area contributed by atoms with Gasteiger partial charge in [0.05, 0.1) is 16.9 Å². The van der Waals surface area contributed by atoms with Gasteiger partial charge in [0, 0.05) is 11.6 Å². The molecule has 0 radical (unpaired) electrons. The zero-order valence-corrected chi connectivity index (χ0v) is 17.3. The van der Waals surface area contributed by atoms with Crippen molar-refractivity contribution >= 4 is 40.4 Å². The third-order valence-electron chi connectivity index (χ3n) is 3.96. The fourth-order valence-electron chi connectivity index (χ4n) is 2.59. The first kappa shape index (κ1) is 20.1. The van der Waals surface area contributed by atoms with Crippen LogP contribution in [0.25, 0.3) is 10.8 Å². The Labute approximate surface area is 171 Å². The lowest BCUT2D eigenvalue weighted by molar-refractivity contribution is 0.0954. The van der Waals surface area contributed by atoms with Crippen molar-refractivity contribution in [1.29, 1.82) is 0 Å². The van der Waals surface area contributed by atoms with E-state index in [-0.39, 0.29) is 11.8 Å². The molecule has 2 heterocycles. The van der Waals surface area contributed by atoms with Crippen molar-refractivity contribution in [2.24, 2.45) is 0 Å². The highest BCUT2D eigenvalue weighted by molar-refractivity contribution is 7.17. The molecule has 3 rings (SSSR count). The van der Waals surface area contributed by atoms with Gasteiger partial charge in [0.2, 0.25) is 0 Å². The second kappa shape index (κ2) is 8.58. The Morgan fingerprint density at radius 2 is 1.96 bits per heavy atom. The van der Waals surface area contributed by atoms with E-state index >= 15 is 0 Å². The quantitative estimate of drug-likeness (QED) is 0.586. The molecule has 146 valence electrons. The number of furan rings is 1. The van der Waals surface area contributed by atoms with Crippen LogP contribution in [0.3, 0.4) is 0 Å². The lowest BCUT2D eigenvalue weighted by Gasteiger charge is -2.11. The summed E-state index contributed by atoms with van der Waals surface area (Å²) in [6.07, 6.45) is 0.816. The van der Waals surface area contributed by atoms with Crippen molar-refractivity contribution in [3.8, 4) is 10.8 Å². The maximum Gasteiger partial charge on any atom is 0.267 e. The summed E-state index contributed by atoms with van der Waals surface area (Å²) in [4.78, 5) is 30.1. The second-order valence-electron chi connectivity index (χ2n) is 6.24. The number of nitrogens with one attached hydrogen (secondary N) is 2. The van der Waals surface area contributed by atoms with Crippen molar-refractivity contribution in [3.63, 3.8) is 0 Å². The normalized spacial score (nSPS) is 10.7. The summed E-state index contributed by atoms with van der Waals surface area (Å²) in [6, 6.07) is 8.45. The van der Waals surface area contributed by atoms with Gasteiger partial charge in [0.15, 0.2) is 10.8 Å². The van der Waals surface area contributed by atoms with E-state index in [2.05, 4.69) is 15.6 Å². The van der Waals surface area contributed by atoms with Gasteiger partial charge in [0.1, 0.15) is 10.6 Å². The first-order valence-corrected chi connectivity index (χ1v) is 10.0. The number of hydrogen-bond donors (Lipinski definition) is 2. The van der Waals surface area contributed by atoms with Crippen LogP contribution >= 0.6 is 22.9 Å². The zero-order valence-electron chi connectivity index (χ0n) is 15.8. The van der Waals surface area contributed by atoms with Crippen LogP contribution in [0.2, 0.25) is 5.02 Å². The third kappa shape index (κ3) is 4.43. The number of carbonyl (C=O) groups is 2. The maximum atomic E-state index is 12.8. The Kier molecular flexibility index (Phi) is 6.16. The molecule has 8 heteroatoms. The smallest absolute Gasteiger partial charge is 0.267 e. The summed E-state index contributed by atoms with van der Waals surface area (Å²) in [7, 11) is 0. The molecular formula is C20H20ClN3O3S. The van der Waals surface area contributed by atoms with Gasteiger partial charge in [-0.25, -0.2) is 4.98 Å². The standard InChI is InChI=1S/C20H20ClN3O3S/c1-4-9-22-18(25)14-7-6-13(21)10-15(14)24-19(26)17-12(3)23-20(28-17)16-8-5-11(2)27-16/h5-8,10H,4,9H2,1-3H3,(H,22,25)(H,24,26). The Hall–Kier alpha value is -2.64. The summed E-state index contributed by atoms with van der Waals surface area (Å²) in [6.45, 7) is 6.13. The van der Waals surface area contributed by atoms with Crippen LogP contribution in [-0.2, 0) is 0 Å². The van der Waals surface area contributed by atoms with Gasteiger partial charge in [-0.15, -0.1) is 11.3 Å². The van der Waals surface area contributed by atoms with Gasteiger partial charge in [-0.1, -0.05) is 18.5 Å². The molecule has 0 aliphatic carbocycles. The first-order chi connectivity index (χ1) is 13.4. The van der Waals surface area contributed by atoms with Gasteiger partial charge in [-0.3, -0.25) is 9.59 Å². The lowest BCUT2D eigenvalue weighted by Crippen LogP contribution is -2.25. The van der Waals surface area contributed by atoms with Gasteiger partial charge < -0.3 is 15.1 Å². The predicted octanol–water partition coefficient (Wildman–Crippen LogP) is 5.07. The Morgan fingerprint density at radius 1 is 1.18 bits per heavy atom. The number of aryl methyl sites for hydroxylation is 2. The average Bonchev–Trinajstić information content (AvgIpc) is 3.25.